The monoisotopic (exact) mass is 594 g/mol. The number of benzene rings is 4. The number of ether oxygens (including phenoxy) is 2. The first-order valence-corrected chi connectivity index (χ1v) is 17.2. The number of nitrogens with zero attached hydrogens (tertiary/aromatic N) is 2. The van der Waals surface area contributed by atoms with Crippen molar-refractivity contribution >= 4 is 32.9 Å². The molecular formula is C38H46N2O2S. The molecule has 5 aromatic rings. The van der Waals surface area contributed by atoms with Gasteiger partial charge in [0.1, 0.15) is 21.5 Å². The summed E-state index contributed by atoms with van der Waals surface area (Å²) in [7, 11) is 0. The molecule has 0 fully saturated rings. The highest BCUT2D eigenvalue weighted by Gasteiger charge is 2.11. The first kappa shape index (κ1) is 31.0. The van der Waals surface area contributed by atoms with Crippen LogP contribution in [-0.4, -0.2) is 23.4 Å². The van der Waals surface area contributed by atoms with Gasteiger partial charge in [-0.25, -0.2) is 0 Å². The van der Waals surface area contributed by atoms with Crippen LogP contribution in [0.5, 0.6) is 11.5 Å². The van der Waals surface area contributed by atoms with E-state index in [4.69, 9.17) is 9.47 Å². The predicted octanol–water partition coefficient (Wildman–Crippen LogP) is 11.7. The van der Waals surface area contributed by atoms with Crippen molar-refractivity contribution in [2.24, 2.45) is 0 Å². The summed E-state index contributed by atoms with van der Waals surface area (Å²) < 4.78 is 12.1. The van der Waals surface area contributed by atoms with Crippen LogP contribution in [0.3, 0.4) is 0 Å². The summed E-state index contributed by atoms with van der Waals surface area (Å²) in [5.41, 5.74) is 2.18. The number of unbranched alkanes of at least 4 members (excludes halogenated alkanes) is 10. The van der Waals surface area contributed by atoms with Crippen LogP contribution in [0.15, 0.2) is 72.8 Å². The molecule has 5 heteroatoms. The maximum Gasteiger partial charge on any atom is 0.148 e. The highest BCUT2D eigenvalue weighted by molar-refractivity contribution is 7.17. The SMILES string of the molecule is CCCCCCCCOc1ccc2cc(-c3nnc(-c4ccc5cc(OCCCCCCCC)ccc5c4)s3)ccc2c1. The van der Waals surface area contributed by atoms with Crippen LogP contribution >= 0.6 is 11.3 Å². The van der Waals surface area contributed by atoms with Crippen LogP contribution in [0.1, 0.15) is 90.9 Å². The van der Waals surface area contributed by atoms with Gasteiger partial charge in [0.25, 0.3) is 0 Å². The van der Waals surface area contributed by atoms with Gasteiger partial charge in [-0.15, -0.1) is 10.2 Å². The zero-order valence-corrected chi connectivity index (χ0v) is 26.8. The zero-order valence-electron chi connectivity index (χ0n) is 25.9. The van der Waals surface area contributed by atoms with Gasteiger partial charge in [-0.3, -0.25) is 0 Å². The van der Waals surface area contributed by atoms with Crippen molar-refractivity contribution in [3.63, 3.8) is 0 Å². The molecule has 0 aliphatic rings. The summed E-state index contributed by atoms with van der Waals surface area (Å²) in [6.07, 6.45) is 15.3. The number of fused-ring (bicyclic) bond motifs is 2. The molecule has 0 bridgehead atoms. The molecule has 0 atom stereocenters. The van der Waals surface area contributed by atoms with Crippen molar-refractivity contribution in [1.29, 1.82) is 0 Å². The molecule has 0 aliphatic carbocycles. The minimum atomic E-state index is 0.784. The number of rotatable bonds is 18. The van der Waals surface area contributed by atoms with Crippen molar-refractivity contribution in [1.82, 2.24) is 10.2 Å². The number of aromatic nitrogens is 2. The Kier molecular flexibility index (Phi) is 11.8. The Morgan fingerprint density at radius 2 is 0.860 bits per heavy atom. The summed E-state index contributed by atoms with van der Waals surface area (Å²) in [6, 6.07) is 25.7. The molecule has 4 nitrogen and oxygen atoms in total. The molecule has 0 aliphatic heterocycles. The van der Waals surface area contributed by atoms with Crippen LogP contribution < -0.4 is 9.47 Å². The lowest BCUT2D eigenvalue weighted by molar-refractivity contribution is 0.304. The second-order valence-electron chi connectivity index (χ2n) is 11.6. The Morgan fingerprint density at radius 1 is 0.465 bits per heavy atom. The topological polar surface area (TPSA) is 44.2 Å². The van der Waals surface area contributed by atoms with E-state index in [0.29, 0.717) is 0 Å². The van der Waals surface area contributed by atoms with Gasteiger partial charge in [0.2, 0.25) is 0 Å². The smallest absolute Gasteiger partial charge is 0.148 e. The molecule has 0 N–H and O–H groups in total. The lowest BCUT2D eigenvalue weighted by Crippen LogP contribution is -1.97. The van der Waals surface area contributed by atoms with Gasteiger partial charge in [-0.1, -0.05) is 126 Å². The molecule has 0 spiro atoms. The van der Waals surface area contributed by atoms with E-state index in [1.807, 2.05) is 0 Å². The number of hydrogen-bond donors (Lipinski definition) is 0. The molecule has 0 saturated heterocycles. The standard InChI is InChI=1S/C38H46N2O2S/c1-3-5-7-9-11-13-23-41-35-21-19-29-25-33(17-15-31(29)27-35)37-39-40-38(43-37)34-18-16-32-28-36(22-20-30(32)26-34)42-24-14-12-10-8-6-4-2/h15-22,25-28H,3-14,23-24H2,1-2H3. The normalized spacial score (nSPS) is 11.4. The Labute approximate surface area is 261 Å². The van der Waals surface area contributed by atoms with Crippen LogP contribution in [-0.2, 0) is 0 Å². The average molecular weight is 595 g/mol. The van der Waals surface area contributed by atoms with Crippen LogP contribution in [0, 0.1) is 0 Å². The molecule has 0 radical (unpaired) electrons. The van der Waals surface area contributed by atoms with Crippen molar-refractivity contribution < 1.29 is 9.47 Å². The molecule has 0 saturated carbocycles. The largest absolute Gasteiger partial charge is 0.494 e. The number of hydrogen-bond acceptors (Lipinski definition) is 5. The summed E-state index contributed by atoms with van der Waals surface area (Å²) in [6.45, 7) is 6.08. The molecule has 5 rings (SSSR count). The van der Waals surface area contributed by atoms with Crippen LogP contribution in [0.4, 0.5) is 0 Å². The van der Waals surface area contributed by atoms with Gasteiger partial charge in [-0.05, 0) is 70.8 Å². The van der Waals surface area contributed by atoms with Crippen LogP contribution in [0.25, 0.3) is 42.7 Å². The second kappa shape index (κ2) is 16.4. The fourth-order valence-corrected chi connectivity index (χ4v) is 6.33. The molecule has 1 heterocycles. The third kappa shape index (κ3) is 9.03. The molecule has 1 aromatic heterocycles. The van der Waals surface area contributed by atoms with Crippen molar-refractivity contribution in [2.75, 3.05) is 13.2 Å². The van der Waals surface area contributed by atoms with Gasteiger partial charge in [0.05, 0.1) is 13.2 Å². The second-order valence-corrected chi connectivity index (χ2v) is 12.6. The fraction of sp³-hybridized carbons (Fsp3) is 0.421. The molecular weight excluding hydrogens is 548 g/mol. The minimum Gasteiger partial charge on any atom is -0.494 e. The Hall–Kier alpha value is -3.44. The van der Waals surface area contributed by atoms with Crippen molar-refractivity contribution in [3.8, 4) is 32.6 Å². The molecule has 43 heavy (non-hydrogen) atoms. The summed E-state index contributed by atoms with van der Waals surface area (Å²) in [5.74, 6) is 1.89. The quantitative estimate of drug-likeness (QED) is 0.0947. The van der Waals surface area contributed by atoms with Gasteiger partial charge in [-0.2, -0.15) is 0 Å². The van der Waals surface area contributed by atoms with E-state index in [2.05, 4.69) is 96.8 Å². The molecule has 0 unspecified atom stereocenters. The van der Waals surface area contributed by atoms with E-state index in [1.165, 1.54) is 85.8 Å². The Bertz CT molecular complexity index is 1460. The van der Waals surface area contributed by atoms with Gasteiger partial charge < -0.3 is 9.47 Å². The van der Waals surface area contributed by atoms with E-state index in [-0.39, 0.29) is 0 Å². The van der Waals surface area contributed by atoms with E-state index in [1.54, 1.807) is 11.3 Å². The molecule has 0 amide bonds. The van der Waals surface area contributed by atoms with E-state index in [0.717, 1.165) is 58.7 Å². The Morgan fingerprint density at radius 3 is 1.33 bits per heavy atom. The van der Waals surface area contributed by atoms with Crippen LogP contribution in [0.2, 0.25) is 0 Å². The average Bonchev–Trinajstić information content (AvgIpc) is 3.54. The molecule has 226 valence electrons. The summed E-state index contributed by atoms with van der Waals surface area (Å²) in [5, 5.41) is 15.7. The lowest BCUT2D eigenvalue weighted by atomic mass is 10.1. The third-order valence-electron chi connectivity index (χ3n) is 8.08. The minimum absolute atomic E-state index is 0.784. The highest BCUT2D eigenvalue weighted by atomic mass is 32.1. The van der Waals surface area contributed by atoms with Gasteiger partial charge in [0, 0.05) is 11.1 Å². The summed E-state index contributed by atoms with van der Waals surface area (Å²) >= 11 is 1.63. The van der Waals surface area contributed by atoms with Crippen molar-refractivity contribution in [2.45, 2.75) is 90.9 Å². The Balaban J connectivity index is 1.17. The fourth-order valence-electron chi connectivity index (χ4n) is 5.49. The van der Waals surface area contributed by atoms with Crippen molar-refractivity contribution in [3.05, 3.63) is 72.8 Å². The third-order valence-corrected chi connectivity index (χ3v) is 9.10. The summed E-state index contributed by atoms with van der Waals surface area (Å²) in [4.78, 5) is 0. The maximum absolute atomic E-state index is 6.03. The van der Waals surface area contributed by atoms with Gasteiger partial charge in [0.15, 0.2) is 0 Å². The zero-order chi connectivity index (χ0) is 29.7. The molecule has 4 aromatic carbocycles. The maximum atomic E-state index is 6.03. The van der Waals surface area contributed by atoms with Gasteiger partial charge >= 0.3 is 0 Å². The van der Waals surface area contributed by atoms with E-state index >= 15 is 0 Å². The first-order chi connectivity index (χ1) is 21.2. The first-order valence-electron chi connectivity index (χ1n) is 16.4. The van der Waals surface area contributed by atoms with E-state index in [9.17, 15) is 0 Å². The predicted molar refractivity (Wildman–Crippen MR) is 184 cm³/mol. The van der Waals surface area contributed by atoms with E-state index < -0.39 is 0 Å². The highest BCUT2D eigenvalue weighted by Crippen LogP contribution is 2.34. The lowest BCUT2D eigenvalue weighted by Gasteiger charge is -2.08.